The van der Waals surface area contributed by atoms with Crippen molar-refractivity contribution in [3.63, 3.8) is 0 Å². The molecule has 0 bridgehead atoms. The van der Waals surface area contributed by atoms with Crippen LogP contribution in [0.4, 0.5) is 0 Å². The molecular weight excluding hydrogens is 340 g/mol. The summed E-state index contributed by atoms with van der Waals surface area (Å²) >= 11 is 9.83. The van der Waals surface area contributed by atoms with Crippen molar-refractivity contribution < 1.29 is 4.74 Å². The molecule has 2 rings (SSSR count). The number of aromatic nitrogens is 2. The highest BCUT2D eigenvalue weighted by molar-refractivity contribution is 9.10. The number of rotatable bonds is 3. The summed E-state index contributed by atoms with van der Waals surface area (Å²) in [6.45, 7) is 9.07. The molecule has 3 nitrogen and oxygen atoms in total. The van der Waals surface area contributed by atoms with Gasteiger partial charge >= 0.3 is 0 Å². The molecule has 1 fully saturated rings. The number of halogens is 2. The van der Waals surface area contributed by atoms with E-state index in [-0.39, 0.29) is 11.0 Å². The fraction of sp³-hybridized carbons (Fsp3) is 0.733. The van der Waals surface area contributed by atoms with Crippen LogP contribution in [0, 0.1) is 0 Å². The van der Waals surface area contributed by atoms with Gasteiger partial charge in [-0.1, -0.05) is 32.4 Å². The van der Waals surface area contributed by atoms with Gasteiger partial charge in [-0.3, -0.25) is 0 Å². The Balaban J connectivity index is 2.54. The van der Waals surface area contributed by atoms with E-state index in [0.717, 1.165) is 41.7 Å². The molecule has 1 heterocycles. The van der Waals surface area contributed by atoms with E-state index in [9.17, 15) is 0 Å². The molecule has 20 heavy (non-hydrogen) atoms. The van der Waals surface area contributed by atoms with Crippen LogP contribution in [0.3, 0.4) is 0 Å². The monoisotopic (exact) mass is 360 g/mol. The minimum absolute atomic E-state index is 0.0911. The summed E-state index contributed by atoms with van der Waals surface area (Å²) in [6, 6.07) is 0. The summed E-state index contributed by atoms with van der Waals surface area (Å²) in [5.74, 6) is 0.745. The van der Waals surface area contributed by atoms with Crippen molar-refractivity contribution in [3.05, 3.63) is 21.1 Å². The molecule has 0 N–H and O–H groups in total. The van der Waals surface area contributed by atoms with Gasteiger partial charge in [0, 0.05) is 12.0 Å². The predicted molar refractivity (Wildman–Crippen MR) is 85.2 cm³/mol. The molecule has 0 atom stereocenters. The quantitative estimate of drug-likeness (QED) is 0.711. The number of hydrogen-bond donors (Lipinski definition) is 0. The highest BCUT2D eigenvalue weighted by Gasteiger charge is 2.40. The fourth-order valence-corrected chi connectivity index (χ4v) is 3.72. The molecule has 0 unspecified atom stereocenters. The van der Waals surface area contributed by atoms with E-state index < -0.39 is 0 Å². The molecule has 1 saturated carbocycles. The number of nitrogens with zero attached hydrogens (tertiary/aromatic N) is 2. The molecule has 0 radical (unpaired) electrons. The molecule has 1 aromatic heterocycles. The summed E-state index contributed by atoms with van der Waals surface area (Å²) < 4.78 is 6.83. The molecule has 0 saturated heterocycles. The zero-order chi connectivity index (χ0) is 15.0. The van der Waals surface area contributed by atoms with E-state index in [2.05, 4.69) is 41.7 Å². The second-order valence-electron chi connectivity index (χ2n) is 6.39. The van der Waals surface area contributed by atoms with Gasteiger partial charge in [0.05, 0.1) is 10.2 Å². The summed E-state index contributed by atoms with van der Waals surface area (Å²) in [6.07, 6.45) is 4.26. The van der Waals surface area contributed by atoms with Gasteiger partial charge in [0.15, 0.2) is 5.82 Å². The van der Waals surface area contributed by atoms with Gasteiger partial charge in [-0.25, -0.2) is 9.97 Å². The van der Waals surface area contributed by atoms with Crippen molar-refractivity contribution >= 4 is 27.5 Å². The van der Waals surface area contributed by atoms with E-state index in [4.69, 9.17) is 21.3 Å². The third-order valence-corrected chi connectivity index (χ3v) is 5.01. The van der Waals surface area contributed by atoms with Gasteiger partial charge < -0.3 is 4.74 Å². The van der Waals surface area contributed by atoms with Crippen molar-refractivity contribution in [1.29, 1.82) is 0 Å². The lowest BCUT2D eigenvalue weighted by molar-refractivity contribution is -0.0459. The minimum Gasteiger partial charge on any atom is -0.367 e. The number of ether oxygens (including phenoxy) is 1. The van der Waals surface area contributed by atoms with E-state index in [1.165, 1.54) is 0 Å². The van der Waals surface area contributed by atoms with Gasteiger partial charge in [0.1, 0.15) is 10.8 Å². The lowest BCUT2D eigenvalue weighted by atomic mass is 9.91. The topological polar surface area (TPSA) is 35.0 Å². The predicted octanol–water partition coefficient (Wildman–Crippen LogP) is 5.00. The van der Waals surface area contributed by atoms with Crippen LogP contribution in [0.2, 0.25) is 5.15 Å². The molecule has 0 aromatic carbocycles. The average molecular weight is 362 g/mol. The van der Waals surface area contributed by atoms with Crippen molar-refractivity contribution in [1.82, 2.24) is 9.97 Å². The van der Waals surface area contributed by atoms with Crippen LogP contribution in [-0.2, 0) is 15.8 Å². The molecule has 1 aromatic rings. The molecule has 1 aliphatic rings. The Morgan fingerprint density at radius 2 is 1.85 bits per heavy atom. The molecule has 112 valence electrons. The van der Waals surface area contributed by atoms with E-state index in [0.29, 0.717) is 11.8 Å². The zero-order valence-corrected chi connectivity index (χ0v) is 14.9. The first-order valence-electron chi connectivity index (χ1n) is 7.18. The number of hydrogen-bond acceptors (Lipinski definition) is 3. The second kappa shape index (κ2) is 5.90. The van der Waals surface area contributed by atoms with Gasteiger partial charge in [0.25, 0.3) is 0 Å². The van der Waals surface area contributed by atoms with Crippen molar-refractivity contribution in [2.24, 2.45) is 0 Å². The van der Waals surface area contributed by atoms with E-state index in [1.807, 2.05) is 6.92 Å². The maximum atomic E-state index is 6.31. The smallest absolute Gasteiger partial charge is 0.162 e. The molecule has 0 aliphatic heterocycles. The van der Waals surface area contributed by atoms with Gasteiger partial charge in [0.2, 0.25) is 0 Å². The highest BCUT2D eigenvalue weighted by Crippen LogP contribution is 2.42. The van der Waals surface area contributed by atoms with Gasteiger partial charge in [-0.2, -0.15) is 0 Å². The van der Waals surface area contributed by atoms with Crippen molar-refractivity contribution in [3.8, 4) is 0 Å². The summed E-state index contributed by atoms with van der Waals surface area (Å²) in [5.41, 5.74) is 0.504. The molecule has 1 aliphatic carbocycles. The Labute approximate surface area is 134 Å². The van der Waals surface area contributed by atoms with Crippen LogP contribution >= 0.6 is 27.5 Å². The Morgan fingerprint density at radius 1 is 1.25 bits per heavy atom. The second-order valence-corrected chi connectivity index (χ2v) is 7.54. The Hall–Kier alpha value is -0.190. The fourth-order valence-electron chi connectivity index (χ4n) is 2.78. The Kier molecular flexibility index (Phi) is 4.77. The molecule has 0 spiro atoms. The van der Waals surface area contributed by atoms with Crippen LogP contribution in [-0.4, -0.2) is 16.6 Å². The maximum absolute atomic E-state index is 6.31. The normalized spacial score (nSPS) is 18.5. The van der Waals surface area contributed by atoms with Gasteiger partial charge in [-0.05, 0) is 48.5 Å². The SMILES string of the molecule is CCOC1(c2nc(Cl)c(Br)c(C(C)(C)C)n2)CCCC1. The first kappa shape index (κ1) is 16.2. The van der Waals surface area contributed by atoms with Crippen molar-refractivity contribution in [2.45, 2.75) is 64.4 Å². The summed E-state index contributed by atoms with van der Waals surface area (Å²) in [7, 11) is 0. The van der Waals surface area contributed by atoms with E-state index >= 15 is 0 Å². The van der Waals surface area contributed by atoms with Crippen LogP contribution in [0.1, 0.15) is 64.9 Å². The average Bonchev–Trinajstić information content (AvgIpc) is 2.81. The minimum atomic E-state index is -0.348. The largest absolute Gasteiger partial charge is 0.367 e. The first-order chi connectivity index (χ1) is 9.30. The third-order valence-electron chi connectivity index (χ3n) is 3.76. The van der Waals surface area contributed by atoms with Gasteiger partial charge in [-0.15, -0.1) is 0 Å². The maximum Gasteiger partial charge on any atom is 0.162 e. The Morgan fingerprint density at radius 3 is 2.35 bits per heavy atom. The lowest BCUT2D eigenvalue weighted by Gasteiger charge is -2.29. The molecular formula is C15H22BrClN2O. The lowest BCUT2D eigenvalue weighted by Crippen LogP contribution is -2.30. The van der Waals surface area contributed by atoms with Crippen LogP contribution in [0.15, 0.2) is 4.47 Å². The molecule has 5 heteroatoms. The highest BCUT2D eigenvalue weighted by atomic mass is 79.9. The summed E-state index contributed by atoms with van der Waals surface area (Å²) in [5, 5.41) is 0.478. The standard InChI is InChI=1S/C15H22BrClN2O/c1-5-20-15(8-6-7-9-15)13-18-11(14(2,3)4)10(16)12(17)19-13/h5-9H2,1-4H3. The van der Waals surface area contributed by atoms with Crippen LogP contribution < -0.4 is 0 Å². The Bertz CT molecular complexity index is 493. The third kappa shape index (κ3) is 3.02. The van der Waals surface area contributed by atoms with Crippen LogP contribution in [0.5, 0.6) is 0 Å². The first-order valence-corrected chi connectivity index (χ1v) is 8.35. The van der Waals surface area contributed by atoms with E-state index in [1.54, 1.807) is 0 Å². The molecule has 0 amide bonds. The van der Waals surface area contributed by atoms with Crippen LogP contribution in [0.25, 0.3) is 0 Å². The zero-order valence-electron chi connectivity index (χ0n) is 12.6. The summed E-state index contributed by atoms with van der Waals surface area (Å²) in [4.78, 5) is 9.31. The van der Waals surface area contributed by atoms with Crippen molar-refractivity contribution in [2.75, 3.05) is 6.61 Å².